The number of hydrogen-bond donors (Lipinski definition) is 2. The molecular formula is C22H23FN4O4S2. The number of carbonyl (C=O) groups is 1. The van der Waals surface area contributed by atoms with Crippen molar-refractivity contribution in [3.8, 4) is 11.3 Å². The summed E-state index contributed by atoms with van der Waals surface area (Å²) in [6, 6.07) is 6.18. The molecule has 0 atom stereocenters. The largest absolute Gasteiger partial charge is 0.465 e. The third-order valence-corrected chi connectivity index (χ3v) is 8.56. The van der Waals surface area contributed by atoms with Gasteiger partial charge in [-0.2, -0.15) is 5.10 Å². The quantitative estimate of drug-likeness (QED) is 0.372. The minimum atomic E-state index is -3.88. The Hall–Kier alpha value is -2.86. The molecule has 0 spiro atoms. The Morgan fingerprint density at radius 2 is 2.15 bits per heavy atom. The molecule has 4 rings (SSSR count). The molecule has 1 aliphatic heterocycles. The molecule has 3 heterocycles. The van der Waals surface area contributed by atoms with E-state index in [2.05, 4.69) is 26.4 Å². The minimum absolute atomic E-state index is 0.0293. The van der Waals surface area contributed by atoms with Gasteiger partial charge in [-0.3, -0.25) is 10.00 Å². The number of rotatable bonds is 8. The second-order valence-electron chi connectivity index (χ2n) is 7.54. The number of aromatic amines is 1. The van der Waals surface area contributed by atoms with Crippen LogP contribution in [0, 0.1) is 5.82 Å². The Bertz CT molecular complexity index is 1280. The first-order chi connectivity index (χ1) is 15.8. The zero-order chi connectivity index (χ0) is 23.6. The normalized spacial score (nSPS) is 14.1. The van der Waals surface area contributed by atoms with Crippen molar-refractivity contribution in [3.63, 3.8) is 0 Å². The number of thiophene rings is 1. The lowest BCUT2D eigenvalue weighted by molar-refractivity contribution is 0.0595. The number of sulfonamides is 1. The summed E-state index contributed by atoms with van der Waals surface area (Å²) in [7, 11) is -2.64. The van der Waals surface area contributed by atoms with E-state index in [4.69, 9.17) is 4.74 Å². The number of nitrogens with zero attached hydrogens (tertiary/aromatic N) is 2. The molecule has 11 heteroatoms. The molecule has 0 unspecified atom stereocenters. The van der Waals surface area contributed by atoms with E-state index < -0.39 is 16.0 Å². The molecule has 2 aromatic heterocycles. The van der Waals surface area contributed by atoms with E-state index in [0.29, 0.717) is 31.6 Å². The maximum absolute atomic E-state index is 13.3. The van der Waals surface area contributed by atoms with Crippen molar-refractivity contribution in [2.45, 2.75) is 23.7 Å². The number of benzene rings is 1. The van der Waals surface area contributed by atoms with E-state index in [0.717, 1.165) is 33.0 Å². The molecule has 174 valence electrons. The molecule has 0 saturated carbocycles. The number of H-pyrrole nitrogens is 1. The Kier molecular flexibility index (Phi) is 6.75. The number of aromatic nitrogens is 2. The van der Waals surface area contributed by atoms with Crippen molar-refractivity contribution in [3.05, 3.63) is 70.5 Å². The fraction of sp³-hybridized carbons (Fsp3) is 0.273. The summed E-state index contributed by atoms with van der Waals surface area (Å²) in [5, 5.41) is 7.12. The maximum atomic E-state index is 13.3. The lowest BCUT2D eigenvalue weighted by Crippen LogP contribution is -2.30. The van der Waals surface area contributed by atoms with Gasteiger partial charge in [0.05, 0.1) is 24.6 Å². The number of hydrogen-bond acceptors (Lipinski definition) is 7. The summed E-state index contributed by atoms with van der Waals surface area (Å²) >= 11 is 1.09. The van der Waals surface area contributed by atoms with Gasteiger partial charge in [-0.1, -0.05) is 6.08 Å². The highest BCUT2D eigenvalue weighted by Gasteiger charge is 2.34. The van der Waals surface area contributed by atoms with E-state index in [1.807, 2.05) is 0 Å². The molecule has 2 N–H and O–H groups in total. The van der Waals surface area contributed by atoms with Crippen molar-refractivity contribution >= 4 is 27.3 Å². The first-order valence-corrected chi connectivity index (χ1v) is 12.5. The predicted octanol–water partition coefficient (Wildman–Crippen LogP) is 3.09. The number of fused-ring (bicyclic) bond motifs is 1. The average Bonchev–Trinajstić information content (AvgIpc) is 3.42. The van der Waals surface area contributed by atoms with Crippen LogP contribution in [0.1, 0.15) is 26.4 Å². The van der Waals surface area contributed by atoms with Crippen molar-refractivity contribution in [1.82, 2.24) is 19.8 Å². The zero-order valence-electron chi connectivity index (χ0n) is 17.9. The molecule has 1 aliphatic rings. The predicted molar refractivity (Wildman–Crippen MR) is 123 cm³/mol. The standard InChI is InChI=1S/C22H23FN4O4S2/c1-3-9-25-33(29,30)22-19(21(28)31-2)17-8-10-27(13-18(17)32-22)12-15-11-24-26-20(15)14-4-6-16(23)7-5-14/h3-7,11,25H,1,8-10,12-13H2,2H3,(H,24,26). The van der Waals surface area contributed by atoms with Gasteiger partial charge in [0.1, 0.15) is 10.0 Å². The first kappa shape index (κ1) is 23.3. The number of nitrogens with one attached hydrogen (secondary N) is 2. The third kappa shape index (κ3) is 4.76. The molecule has 33 heavy (non-hydrogen) atoms. The first-order valence-electron chi connectivity index (χ1n) is 10.2. The van der Waals surface area contributed by atoms with Crippen LogP contribution in [0.2, 0.25) is 0 Å². The smallest absolute Gasteiger partial charge is 0.340 e. The van der Waals surface area contributed by atoms with Crippen LogP contribution >= 0.6 is 11.3 Å². The zero-order valence-corrected chi connectivity index (χ0v) is 19.6. The van der Waals surface area contributed by atoms with Gasteiger partial charge in [-0.15, -0.1) is 17.9 Å². The second kappa shape index (κ2) is 9.56. The Labute approximate surface area is 195 Å². The van der Waals surface area contributed by atoms with Gasteiger partial charge in [-0.25, -0.2) is 22.3 Å². The van der Waals surface area contributed by atoms with Gasteiger partial charge in [0.15, 0.2) is 0 Å². The highest BCUT2D eigenvalue weighted by Crippen LogP contribution is 2.37. The molecule has 3 aromatic rings. The summed E-state index contributed by atoms with van der Waals surface area (Å²) in [6.45, 7) is 5.25. The molecule has 0 fully saturated rings. The van der Waals surface area contributed by atoms with E-state index in [-0.39, 0.29) is 22.1 Å². The highest BCUT2D eigenvalue weighted by atomic mass is 32.2. The summed E-state index contributed by atoms with van der Waals surface area (Å²) in [4.78, 5) is 15.4. The van der Waals surface area contributed by atoms with E-state index >= 15 is 0 Å². The van der Waals surface area contributed by atoms with Gasteiger partial charge >= 0.3 is 5.97 Å². The number of carbonyl (C=O) groups excluding carboxylic acids is 1. The van der Waals surface area contributed by atoms with Gasteiger partial charge in [0, 0.05) is 42.2 Å². The second-order valence-corrected chi connectivity index (χ2v) is 10.6. The molecule has 8 nitrogen and oxygen atoms in total. The van der Waals surface area contributed by atoms with Crippen LogP contribution in [-0.2, 0) is 34.3 Å². The van der Waals surface area contributed by atoms with Crippen molar-refractivity contribution < 1.29 is 22.3 Å². The van der Waals surface area contributed by atoms with Crippen LogP contribution in [0.3, 0.4) is 0 Å². The van der Waals surface area contributed by atoms with Crippen LogP contribution in [-0.4, -0.2) is 49.7 Å². The Morgan fingerprint density at radius 3 is 2.85 bits per heavy atom. The number of ether oxygens (including phenoxy) is 1. The van der Waals surface area contributed by atoms with E-state index in [1.54, 1.807) is 18.3 Å². The minimum Gasteiger partial charge on any atom is -0.465 e. The topological polar surface area (TPSA) is 104 Å². The van der Waals surface area contributed by atoms with Crippen molar-refractivity contribution in [2.24, 2.45) is 0 Å². The number of methoxy groups -OCH3 is 1. The van der Waals surface area contributed by atoms with Crippen LogP contribution in [0.4, 0.5) is 4.39 Å². The lowest BCUT2D eigenvalue weighted by Gasteiger charge is -2.27. The van der Waals surface area contributed by atoms with Crippen molar-refractivity contribution in [1.29, 1.82) is 0 Å². The molecule has 0 bridgehead atoms. The average molecular weight is 491 g/mol. The lowest BCUT2D eigenvalue weighted by atomic mass is 10.0. The SMILES string of the molecule is C=CCNS(=O)(=O)c1sc2c(c1C(=O)OC)CCN(Cc1cn[nH]c1-c1ccc(F)cc1)C2. The number of esters is 1. The number of halogens is 1. The van der Waals surface area contributed by atoms with Gasteiger partial charge in [-0.05, 0) is 36.2 Å². The molecular weight excluding hydrogens is 467 g/mol. The maximum Gasteiger partial charge on any atom is 0.340 e. The monoisotopic (exact) mass is 490 g/mol. The summed E-state index contributed by atoms with van der Waals surface area (Å²) in [5.41, 5.74) is 3.40. The summed E-state index contributed by atoms with van der Waals surface area (Å²) in [6.07, 6.45) is 3.68. The fourth-order valence-electron chi connectivity index (χ4n) is 3.84. The third-order valence-electron chi connectivity index (χ3n) is 5.40. The van der Waals surface area contributed by atoms with Crippen molar-refractivity contribution in [2.75, 3.05) is 20.2 Å². The van der Waals surface area contributed by atoms with Gasteiger partial charge in [0.2, 0.25) is 0 Å². The molecule has 1 aromatic carbocycles. The van der Waals surface area contributed by atoms with Gasteiger partial charge in [0.25, 0.3) is 10.0 Å². The molecule has 0 aliphatic carbocycles. The summed E-state index contributed by atoms with van der Waals surface area (Å²) < 4.78 is 46.2. The molecule has 0 radical (unpaired) electrons. The highest BCUT2D eigenvalue weighted by molar-refractivity contribution is 7.91. The van der Waals surface area contributed by atoms with Crippen LogP contribution in [0.5, 0.6) is 0 Å². The Balaban J connectivity index is 1.61. The molecule has 0 saturated heterocycles. The van der Waals surface area contributed by atoms with E-state index in [1.165, 1.54) is 25.3 Å². The van der Waals surface area contributed by atoms with Crippen LogP contribution in [0.25, 0.3) is 11.3 Å². The van der Waals surface area contributed by atoms with Crippen LogP contribution < -0.4 is 4.72 Å². The fourth-order valence-corrected chi connectivity index (χ4v) is 6.80. The Morgan fingerprint density at radius 1 is 1.39 bits per heavy atom. The molecule has 0 amide bonds. The summed E-state index contributed by atoms with van der Waals surface area (Å²) in [5.74, 6) is -0.968. The van der Waals surface area contributed by atoms with Gasteiger partial charge < -0.3 is 4.74 Å². The van der Waals surface area contributed by atoms with Crippen LogP contribution in [0.15, 0.2) is 47.3 Å². The van der Waals surface area contributed by atoms with E-state index in [9.17, 15) is 17.6 Å².